The Hall–Kier alpha value is -1.96. The second-order valence-corrected chi connectivity index (χ2v) is 5.79. The first-order valence-corrected chi connectivity index (χ1v) is 7.57. The molecule has 7 nitrogen and oxygen atoms in total. The molecule has 0 radical (unpaired) electrons. The van der Waals surface area contributed by atoms with Crippen LogP contribution in [0.3, 0.4) is 0 Å². The number of nitrogens with zero attached hydrogens (tertiary/aromatic N) is 1. The summed E-state index contributed by atoms with van der Waals surface area (Å²) in [6.45, 7) is 2.19. The van der Waals surface area contributed by atoms with E-state index in [1.807, 2.05) is 6.92 Å². The quantitative estimate of drug-likeness (QED) is 0.580. The van der Waals surface area contributed by atoms with Crippen LogP contribution in [0.4, 0.5) is 11.4 Å². The molecule has 0 aliphatic rings. The number of hydrogen-bond acceptors (Lipinski definition) is 5. The summed E-state index contributed by atoms with van der Waals surface area (Å²) in [5.41, 5.74) is 0.367. The molecule has 1 aromatic carbocycles. The van der Waals surface area contributed by atoms with E-state index in [0.717, 1.165) is 0 Å². The van der Waals surface area contributed by atoms with Gasteiger partial charge in [-0.2, -0.15) is 0 Å². The molecule has 0 heterocycles. The van der Waals surface area contributed by atoms with Crippen LogP contribution in [0.25, 0.3) is 0 Å². The summed E-state index contributed by atoms with van der Waals surface area (Å²) in [6, 6.07) is 4.21. The number of rotatable bonds is 7. The summed E-state index contributed by atoms with van der Waals surface area (Å²) < 4.78 is 11.3. The molecule has 0 saturated heterocycles. The van der Waals surface area contributed by atoms with Crippen molar-refractivity contribution in [3.8, 4) is 0 Å². The van der Waals surface area contributed by atoms with Crippen molar-refractivity contribution in [3.05, 3.63) is 33.9 Å². The molecular weight excluding hydrogens is 282 g/mol. The first-order valence-electron chi connectivity index (χ1n) is 6.09. The van der Waals surface area contributed by atoms with Crippen LogP contribution in [0.5, 0.6) is 0 Å². The van der Waals surface area contributed by atoms with Gasteiger partial charge < -0.3 is 10.6 Å². The lowest BCUT2D eigenvalue weighted by molar-refractivity contribution is -0.384. The van der Waals surface area contributed by atoms with Crippen LogP contribution in [0.15, 0.2) is 18.2 Å². The molecule has 20 heavy (non-hydrogen) atoms. The minimum Gasteiger partial charge on any atom is -0.379 e. The minimum atomic E-state index is -0.928. The molecule has 1 rings (SSSR count). The summed E-state index contributed by atoms with van der Waals surface area (Å²) in [4.78, 5) is 21.9. The van der Waals surface area contributed by atoms with Gasteiger partial charge in [0.1, 0.15) is 5.69 Å². The van der Waals surface area contributed by atoms with Crippen molar-refractivity contribution >= 4 is 28.1 Å². The highest BCUT2D eigenvalue weighted by Gasteiger charge is 2.16. The zero-order valence-electron chi connectivity index (χ0n) is 11.3. The number of nitro benzene ring substituents is 1. The van der Waals surface area contributed by atoms with E-state index in [4.69, 9.17) is 0 Å². The molecule has 0 aliphatic heterocycles. The Labute approximate surface area is 119 Å². The molecule has 0 spiro atoms. The SMILES string of the molecule is CCS(=O)CCNc1ccc(C(=O)NC)cc1[N+](=O)[O-]. The van der Waals surface area contributed by atoms with E-state index >= 15 is 0 Å². The van der Waals surface area contributed by atoms with Crippen LogP contribution in [-0.2, 0) is 10.8 Å². The van der Waals surface area contributed by atoms with Crippen molar-refractivity contribution in [1.82, 2.24) is 5.32 Å². The van der Waals surface area contributed by atoms with Gasteiger partial charge in [0, 0.05) is 47.5 Å². The monoisotopic (exact) mass is 299 g/mol. The molecule has 110 valence electrons. The molecule has 2 N–H and O–H groups in total. The van der Waals surface area contributed by atoms with Gasteiger partial charge in [0.15, 0.2) is 0 Å². The van der Waals surface area contributed by atoms with Crippen LogP contribution < -0.4 is 10.6 Å². The molecule has 1 aromatic rings. The molecule has 1 atom stereocenters. The van der Waals surface area contributed by atoms with E-state index in [9.17, 15) is 19.1 Å². The molecule has 8 heteroatoms. The predicted octanol–water partition coefficient (Wildman–Crippen LogP) is 1.13. The van der Waals surface area contributed by atoms with Gasteiger partial charge in [-0.3, -0.25) is 19.1 Å². The van der Waals surface area contributed by atoms with Crippen LogP contribution in [0.1, 0.15) is 17.3 Å². The number of nitrogens with one attached hydrogen (secondary N) is 2. The van der Waals surface area contributed by atoms with E-state index in [1.54, 1.807) is 0 Å². The third kappa shape index (κ3) is 4.30. The van der Waals surface area contributed by atoms with Crippen LogP contribution in [0, 0.1) is 10.1 Å². The second-order valence-electron chi connectivity index (χ2n) is 3.93. The normalized spacial score (nSPS) is 11.7. The zero-order chi connectivity index (χ0) is 15.1. The molecule has 0 aromatic heterocycles. The number of benzene rings is 1. The average molecular weight is 299 g/mol. The van der Waals surface area contributed by atoms with E-state index in [2.05, 4.69) is 10.6 Å². The lowest BCUT2D eigenvalue weighted by atomic mass is 10.1. The average Bonchev–Trinajstić information content (AvgIpc) is 2.46. The van der Waals surface area contributed by atoms with Crippen molar-refractivity contribution in [2.24, 2.45) is 0 Å². The molecule has 0 aliphatic carbocycles. The maximum Gasteiger partial charge on any atom is 0.293 e. The van der Waals surface area contributed by atoms with Crippen molar-refractivity contribution in [2.45, 2.75) is 6.92 Å². The van der Waals surface area contributed by atoms with Gasteiger partial charge in [-0.15, -0.1) is 0 Å². The fourth-order valence-electron chi connectivity index (χ4n) is 1.56. The third-order valence-corrected chi connectivity index (χ3v) is 3.95. The largest absolute Gasteiger partial charge is 0.379 e. The molecule has 0 fully saturated rings. The van der Waals surface area contributed by atoms with E-state index < -0.39 is 15.7 Å². The van der Waals surface area contributed by atoms with Gasteiger partial charge >= 0.3 is 0 Å². The number of anilines is 1. The smallest absolute Gasteiger partial charge is 0.293 e. The number of carbonyl (C=O) groups is 1. The molecular formula is C12H17N3O4S. The maximum atomic E-state index is 11.4. The van der Waals surface area contributed by atoms with Crippen molar-refractivity contribution in [1.29, 1.82) is 0 Å². The first kappa shape index (κ1) is 16.1. The predicted molar refractivity (Wildman–Crippen MR) is 78.5 cm³/mol. The first-order chi connectivity index (χ1) is 9.49. The van der Waals surface area contributed by atoms with Gasteiger partial charge in [-0.25, -0.2) is 0 Å². The number of hydrogen-bond donors (Lipinski definition) is 2. The van der Waals surface area contributed by atoms with E-state index in [0.29, 0.717) is 23.7 Å². The summed E-state index contributed by atoms with van der Waals surface area (Å²) >= 11 is 0. The van der Waals surface area contributed by atoms with E-state index in [1.165, 1.54) is 25.2 Å². The number of nitro groups is 1. The van der Waals surface area contributed by atoms with Crippen LogP contribution in [-0.4, -0.2) is 40.1 Å². The standard InChI is InChI=1S/C12H17N3O4S/c1-3-20(19)7-6-14-10-5-4-9(12(16)13-2)8-11(10)15(17)18/h4-5,8,14H,3,6-7H2,1-2H3,(H,13,16). The van der Waals surface area contributed by atoms with Crippen molar-refractivity contribution in [2.75, 3.05) is 30.4 Å². The molecule has 1 unspecified atom stereocenters. The fraction of sp³-hybridized carbons (Fsp3) is 0.417. The highest BCUT2D eigenvalue weighted by Crippen LogP contribution is 2.25. The van der Waals surface area contributed by atoms with Gasteiger partial charge in [0.05, 0.1) is 4.92 Å². The highest BCUT2D eigenvalue weighted by atomic mass is 32.2. The van der Waals surface area contributed by atoms with Gasteiger partial charge in [0.2, 0.25) is 0 Å². The highest BCUT2D eigenvalue weighted by molar-refractivity contribution is 7.84. The number of amides is 1. The van der Waals surface area contributed by atoms with Crippen LogP contribution in [0.2, 0.25) is 0 Å². The van der Waals surface area contributed by atoms with E-state index in [-0.39, 0.29) is 17.2 Å². The Bertz CT molecular complexity index is 533. The summed E-state index contributed by atoms with van der Waals surface area (Å²) in [5.74, 6) is 0.594. The van der Waals surface area contributed by atoms with Crippen molar-refractivity contribution in [3.63, 3.8) is 0 Å². The van der Waals surface area contributed by atoms with Crippen LogP contribution >= 0.6 is 0 Å². The van der Waals surface area contributed by atoms with Gasteiger partial charge in [-0.1, -0.05) is 6.92 Å². The Morgan fingerprint density at radius 2 is 2.15 bits per heavy atom. The molecule has 0 saturated carbocycles. The maximum absolute atomic E-state index is 11.4. The minimum absolute atomic E-state index is 0.173. The lowest BCUT2D eigenvalue weighted by Gasteiger charge is -2.08. The Balaban J connectivity index is 2.88. The third-order valence-electron chi connectivity index (χ3n) is 2.65. The molecule has 1 amide bonds. The van der Waals surface area contributed by atoms with Gasteiger partial charge in [-0.05, 0) is 12.1 Å². The Morgan fingerprint density at radius 1 is 1.45 bits per heavy atom. The number of carbonyl (C=O) groups excluding carboxylic acids is 1. The topological polar surface area (TPSA) is 101 Å². The Morgan fingerprint density at radius 3 is 2.70 bits per heavy atom. The van der Waals surface area contributed by atoms with Gasteiger partial charge in [0.25, 0.3) is 11.6 Å². The molecule has 0 bridgehead atoms. The Kier molecular flexibility index (Phi) is 6.10. The fourth-order valence-corrected chi connectivity index (χ4v) is 2.18. The lowest BCUT2D eigenvalue weighted by Crippen LogP contribution is -2.18. The zero-order valence-corrected chi connectivity index (χ0v) is 12.2. The summed E-state index contributed by atoms with van der Waals surface area (Å²) in [5, 5.41) is 16.3. The van der Waals surface area contributed by atoms with Crippen molar-refractivity contribution < 1.29 is 13.9 Å². The second kappa shape index (κ2) is 7.59. The summed E-state index contributed by atoms with van der Waals surface area (Å²) in [7, 11) is 0.531. The summed E-state index contributed by atoms with van der Waals surface area (Å²) in [6.07, 6.45) is 0.